The average molecular weight is 267 g/mol. The lowest BCUT2D eigenvalue weighted by atomic mass is 9.96. The van der Waals surface area contributed by atoms with Gasteiger partial charge in [-0.3, -0.25) is 4.90 Å². The van der Waals surface area contributed by atoms with E-state index < -0.39 is 0 Å². The zero-order valence-electron chi connectivity index (χ0n) is 11.3. The van der Waals surface area contributed by atoms with Crippen molar-refractivity contribution in [2.75, 3.05) is 13.1 Å². The molecule has 0 aliphatic carbocycles. The minimum absolute atomic E-state index is 0.175. The largest absolute Gasteiger partial charge is 0.326 e. The Kier molecular flexibility index (Phi) is 4.66. The monoisotopic (exact) mass is 266 g/mol. The molecule has 0 bridgehead atoms. The Balaban J connectivity index is 2.25. The number of benzene rings is 1. The average Bonchev–Trinajstić information content (AvgIpc) is 2.76. The molecule has 0 radical (unpaired) electrons. The standard InChI is InChI=1S/C15H23ClN2/c1-3-14(17)15(18-8-7-11(2)10-18)12-5-4-6-13(16)9-12/h4-6,9,11,14-15H,3,7-8,10,17H2,1-2H3. The molecule has 0 amide bonds. The molecule has 1 aliphatic heterocycles. The third-order valence-electron chi connectivity index (χ3n) is 3.92. The van der Waals surface area contributed by atoms with Crippen molar-refractivity contribution >= 4 is 11.6 Å². The zero-order valence-corrected chi connectivity index (χ0v) is 12.0. The highest BCUT2D eigenvalue weighted by molar-refractivity contribution is 6.30. The Morgan fingerprint density at radius 1 is 1.50 bits per heavy atom. The fourth-order valence-electron chi connectivity index (χ4n) is 2.86. The van der Waals surface area contributed by atoms with E-state index in [0.717, 1.165) is 30.5 Å². The summed E-state index contributed by atoms with van der Waals surface area (Å²) in [6, 6.07) is 8.63. The maximum atomic E-state index is 6.34. The molecule has 1 fully saturated rings. The van der Waals surface area contributed by atoms with Crippen molar-refractivity contribution in [1.29, 1.82) is 0 Å². The van der Waals surface area contributed by atoms with Gasteiger partial charge in [0.25, 0.3) is 0 Å². The molecule has 0 saturated carbocycles. The van der Waals surface area contributed by atoms with E-state index in [2.05, 4.69) is 30.9 Å². The maximum Gasteiger partial charge on any atom is 0.0499 e. The number of likely N-dealkylation sites (tertiary alicyclic amines) is 1. The summed E-state index contributed by atoms with van der Waals surface area (Å²) in [4.78, 5) is 2.52. The Hall–Kier alpha value is -0.570. The zero-order chi connectivity index (χ0) is 13.1. The van der Waals surface area contributed by atoms with Gasteiger partial charge in [-0.05, 0) is 43.0 Å². The lowest BCUT2D eigenvalue weighted by Gasteiger charge is -2.32. The molecular formula is C15H23ClN2. The minimum Gasteiger partial charge on any atom is -0.326 e. The first-order valence-electron chi connectivity index (χ1n) is 6.87. The van der Waals surface area contributed by atoms with Crippen molar-refractivity contribution in [1.82, 2.24) is 4.90 Å². The predicted octanol–water partition coefficient (Wildman–Crippen LogP) is 3.46. The first-order valence-corrected chi connectivity index (χ1v) is 7.24. The second kappa shape index (κ2) is 6.05. The number of hydrogen-bond donors (Lipinski definition) is 1. The van der Waals surface area contributed by atoms with Crippen LogP contribution in [0.1, 0.15) is 38.3 Å². The number of rotatable bonds is 4. The van der Waals surface area contributed by atoms with Gasteiger partial charge in [-0.1, -0.05) is 37.6 Å². The topological polar surface area (TPSA) is 29.3 Å². The number of halogens is 1. The second-order valence-corrected chi connectivity index (χ2v) is 5.90. The SMILES string of the molecule is CCC(N)C(c1cccc(Cl)c1)N1CCC(C)C1. The maximum absolute atomic E-state index is 6.34. The van der Waals surface area contributed by atoms with Crippen LogP contribution in [0.3, 0.4) is 0 Å². The van der Waals surface area contributed by atoms with Crippen LogP contribution < -0.4 is 5.73 Å². The summed E-state index contributed by atoms with van der Waals surface area (Å²) in [5.41, 5.74) is 7.60. The summed E-state index contributed by atoms with van der Waals surface area (Å²) >= 11 is 6.11. The predicted molar refractivity (Wildman–Crippen MR) is 77.8 cm³/mol. The highest BCUT2D eigenvalue weighted by Gasteiger charge is 2.30. The summed E-state index contributed by atoms with van der Waals surface area (Å²) in [5.74, 6) is 0.774. The molecule has 3 heteroatoms. The minimum atomic E-state index is 0.175. The van der Waals surface area contributed by atoms with Gasteiger partial charge in [0, 0.05) is 23.7 Å². The van der Waals surface area contributed by atoms with Gasteiger partial charge in [-0.2, -0.15) is 0 Å². The first-order chi connectivity index (χ1) is 8.61. The fourth-order valence-corrected chi connectivity index (χ4v) is 3.06. The molecule has 2 rings (SSSR count). The van der Waals surface area contributed by atoms with E-state index in [1.165, 1.54) is 12.0 Å². The molecule has 18 heavy (non-hydrogen) atoms. The number of nitrogens with zero attached hydrogens (tertiary/aromatic N) is 1. The van der Waals surface area contributed by atoms with Crippen molar-refractivity contribution in [2.45, 2.75) is 38.8 Å². The van der Waals surface area contributed by atoms with Crippen LogP contribution in [0, 0.1) is 5.92 Å². The highest BCUT2D eigenvalue weighted by Crippen LogP contribution is 2.31. The van der Waals surface area contributed by atoms with E-state index in [1.54, 1.807) is 0 Å². The van der Waals surface area contributed by atoms with Gasteiger partial charge < -0.3 is 5.73 Å². The molecule has 2 nitrogen and oxygen atoms in total. The normalized spacial score (nSPS) is 24.1. The molecule has 3 atom stereocenters. The van der Waals surface area contributed by atoms with Gasteiger partial charge in [0.15, 0.2) is 0 Å². The highest BCUT2D eigenvalue weighted by atomic mass is 35.5. The summed E-state index contributed by atoms with van der Waals surface area (Å²) in [7, 11) is 0. The Morgan fingerprint density at radius 2 is 2.28 bits per heavy atom. The molecule has 0 spiro atoms. The lowest BCUT2D eigenvalue weighted by Crippen LogP contribution is -2.39. The van der Waals surface area contributed by atoms with Crippen LogP contribution in [0.5, 0.6) is 0 Å². The van der Waals surface area contributed by atoms with Gasteiger partial charge in [0.05, 0.1) is 0 Å². The van der Waals surface area contributed by atoms with Crippen molar-refractivity contribution in [3.63, 3.8) is 0 Å². The van der Waals surface area contributed by atoms with E-state index >= 15 is 0 Å². The van der Waals surface area contributed by atoms with Crippen LogP contribution in [0.15, 0.2) is 24.3 Å². The van der Waals surface area contributed by atoms with E-state index in [4.69, 9.17) is 17.3 Å². The van der Waals surface area contributed by atoms with Crippen LogP contribution in [-0.4, -0.2) is 24.0 Å². The van der Waals surface area contributed by atoms with E-state index in [0.29, 0.717) is 6.04 Å². The molecule has 1 aliphatic rings. The third-order valence-corrected chi connectivity index (χ3v) is 4.15. The van der Waals surface area contributed by atoms with Gasteiger partial charge in [-0.25, -0.2) is 0 Å². The molecule has 1 heterocycles. The molecule has 100 valence electrons. The third kappa shape index (κ3) is 3.05. The molecule has 0 aromatic heterocycles. The Labute approximate surface area is 115 Å². The summed E-state index contributed by atoms with van der Waals surface area (Å²) < 4.78 is 0. The van der Waals surface area contributed by atoms with Crippen LogP contribution in [-0.2, 0) is 0 Å². The van der Waals surface area contributed by atoms with Crippen LogP contribution in [0.4, 0.5) is 0 Å². The van der Waals surface area contributed by atoms with Gasteiger partial charge in [0.2, 0.25) is 0 Å². The van der Waals surface area contributed by atoms with Gasteiger partial charge in [-0.15, -0.1) is 0 Å². The van der Waals surface area contributed by atoms with E-state index in [1.807, 2.05) is 12.1 Å². The molecule has 1 aromatic carbocycles. The second-order valence-electron chi connectivity index (χ2n) is 5.46. The Bertz CT molecular complexity index is 394. The van der Waals surface area contributed by atoms with Crippen LogP contribution in [0.2, 0.25) is 5.02 Å². The number of nitrogens with two attached hydrogens (primary N) is 1. The summed E-state index contributed by atoms with van der Waals surface area (Å²) in [6.07, 6.45) is 2.26. The van der Waals surface area contributed by atoms with E-state index in [-0.39, 0.29) is 6.04 Å². The van der Waals surface area contributed by atoms with Gasteiger partial charge in [0.1, 0.15) is 0 Å². The van der Waals surface area contributed by atoms with Crippen molar-refractivity contribution in [3.05, 3.63) is 34.9 Å². The summed E-state index contributed by atoms with van der Waals surface area (Å²) in [5, 5.41) is 0.799. The van der Waals surface area contributed by atoms with Gasteiger partial charge >= 0.3 is 0 Å². The molecular weight excluding hydrogens is 244 g/mol. The van der Waals surface area contributed by atoms with Crippen LogP contribution >= 0.6 is 11.6 Å². The number of hydrogen-bond acceptors (Lipinski definition) is 2. The Morgan fingerprint density at radius 3 is 2.83 bits per heavy atom. The van der Waals surface area contributed by atoms with Crippen LogP contribution in [0.25, 0.3) is 0 Å². The molecule has 2 N–H and O–H groups in total. The van der Waals surface area contributed by atoms with Crippen molar-refractivity contribution in [2.24, 2.45) is 11.7 Å². The molecule has 1 saturated heterocycles. The molecule has 1 aromatic rings. The first kappa shape index (κ1) is 13.9. The fraction of sp³-hybridized carbons (Fsp3) is 0.600. The van der Waals surface area contributed by atoms with E-state index in [9.17, 15) is 0 Å². The quantitative estimate of drug-likeness (QED) is 0.904. The summed E-state index contributed by atoms with van der Waals surface area (Å²) in [6.45, 7) is 6.76. The van der Waals surface area contributed by atoms with Crippen molar-refractivity contribution < 1.29 is 0 Å². The lowest BCUT2D eigenvalue weighted by molar-refractivity contribution is 0.203. The van der Waals surface area contributed by atoms with Crippen molar-refractivity contribution in [3.8, 4) is 0 Å². The smallest absolute Gasteiger partial charge is 0.0499 e. The molecule has 3 unspecified atom stereocenters.